The summed E-state index contributed by atoms with van der Waals surface area (Å²) in [5.41, 5.74) is 1.56. The van der Waals surface area contributed by atoms with Crippen molar-refractivity contribution >= 4 is 22.7 Å². The Labute approximate surface area is 181 Å². The lowest BCUT2D eigenvalue weighted by atomic mass is 10.0. The summed E-state index contributed by atoms with van der Waals surface area (Å²) in [5.74, 6) is -0.931. The van der Waals surface area contributed by atoms with Crippen LogP contribution < -0.4 is 10.6 Å². The third-order valence-electron chi connectivity index (χ3n) is 6.18. The van der Waals surface area contributed by atoms with Crippen molar-refractivity contribution in [1.82, 2.24) is 20.5 Å². The molecular weight excluding hydrogens is 403 g/mol. The maximum Gasteiger partial charge on any atom is 0.248 e. The van der Waals surface area contributed by atoms with E-state index in [0.717, 1.165) is 10.9 Å². The summed E-state index contributed by atoms with van der Waals surface area (Å²) in [5, 5.41) is 17.1. The molecule has 0 radical (unpaired) electrons. The highest BCUT2D eigenvalue weighted by Gasteiger charge is 2.41. The minimum atomic E-state index is -0.877. The summed E-state index contributed by atoms with van der Waals surface area (Å²) < 4.78 is 18.9. The fourth-order valence-electron chi connectivity index (χ4n) is 4.01. The van der Waals surface area contributed by atoms with Crippen molar-refractivity contribution in [1.29, 1.82) is 0 Å². The van der Waals surface area contributed by atoms with E-state index in [1.807, 2.05) is 0 Å². The zero-order valence-corrected chi connectivity index (χ0v) is 18.3. The van der Waals surface area contributed by atoms with Gasteiger partial charge in [-0.05, 0) is 57.5 Å². The first-order valence-electron chi connectivity index (χ1n) is 10.5. The summed E-state index contributed by atoms with van der Waals surface area (Å²) in [6.45, 7) is 3.81. The number of amides is 2. The molecule has 8 nitrogen and oxygen atoms in total. The van der Waals surface area contributed by atoms with E-state index in [9.17, 15) is 19.1 Å². The Kier molecular flexibility index (Phi) is 7.30. The molecule has 1 aromatic carbocycles. The third-order valence-corrected chi connectivity index (χ3v) is 6.18. The number of ether oxygens (including phenoxy) is 1. The van der Waals surface area contributed by atoms with Crippen LogP contribution in [0, 0.1) is 5.82 Å². The zero-order chi connectivity index (χ0) is 22.7. The van der Waals surface area contributed by atoms with Crippen molar-refractivity contribution in [3.05, 3.63) is 35.8 Å². The number of hydrogen-bond donors (Lipinski definition) is 4. The maximum atomic E-state index is 13.5. The summed E-state index contributed by atoms with van der Waals surface area (Å²) in [6.07, 6.45) is 1.40. The lowest BCUT2D eigenvalue weighted by molar-refractivity contribution is -0.141. The van der Waals surface area contributed by atoms with E-state index in [0.29, 0.717) is 24.9 Å². The first kappa shape index (κ1) is 23.2. The largest absolute Gasteiger partial charge is 0.391 e. The maximum absolute atomic E-state index is 13.5. The number of likely N-dealkylation sites (N-methyl/N-ethyl adjacent to an activating group) is 1. The van der Waals surface area contributed by atoms with Gasteiger partial charge in [0.25, 0.3) is 0 Å². The number of halogens is 1. The predicted molar refractivity (Wildman–Crippen MR) is 115 cm³/mol. The quantitative estimate of drug-likeness (QED) is 0.495. The number of aromatic nitrogens is 1. The Hall–Kier alpha value is -2.49. The molecule has 2 heterocycles. The number of fused-ring (bicyclic) bond motifs is 1. The molecule has 1 saturated heterocycles. The molecule has 9 heteroatoms. The highest BCUT2D eigenvalue weighted by molar-refractivity contribution is 5.90. The highest BCUT2D eigenvalue weighted by Crippen LogP contribution is 2.27. The van der Waals surface area contributed by atoms with E-state index < -0.39 is 30.3 Å². The average Bonchev–Trinajstić information content (AvgIpc) is 3.33. The number of nitrogens with one attached hydrogen (secondary N) is 3. The average molecular weight is 435 g/mol. The second kappa shape index (κ2) is 9.76. The van der Waals surface area contributed by atoms with Crippen molar-refractivity contribution in [2.75, 3.05) is 20.7 Å². The monoisotopic (exact) mass is 434 g/mol. The second-order valence-corrected chi connectivity index (χ2v) is 8.10. The summed E-state index contributed by atoms with van der Waals surface area (Å²) in [4.78, 5) is 30.5. The van der Waals surface area contributed by atoms with Crippen LogP contribution in [0.1, 0.15) is 25.8 Å². The van der Waals surface area contributed by atoms with Crippen LogP contribution in [0.2, 0.25) is 0 Å². The van der Waals surface area contributed by atoms with Gasteiger partial charge < -0.3 is 30.4 Å². The Morgan fingerprint density at radius 1 is 1.39 bits per heavy atom. The van der Waals surface area contributed by atoms with Gasteiger partial charge in [-0.15, -0.1) is 0 Å². The number of H-pyrrole nitrogens is 1. The number of likely N-dealkylation sites (tertiary alicyclic amines) is 1. The van der Waals surface area contributed by atoms with Crippen LogP contribution in [-0.4, -0.2) is 77.8 Å². The van der Waals surface area contributed by atoms with Gasteiger partial charge in [-0.1, -0.05) is 0 Å². The molecular formula is C22H31FN4O4. The van der Waals surface area contributed by atoms with Crippen molar-refractivity contribution in [2.24, 2.45) is 0 Å². The molecule has 1 aromatic heterocycles. The highest BCUT2D eigenvalue weighted by atomic mass is 19.1. The lowest BCUT2D eigenvalue weighted by Gasteiger charge is -2.32. The molecule has 0 spiro atoms. The topological polar surface area (TPSA) is 107 Å². The number of carbonyl (C=O) groups excluding carboxylic acids is 2. The van der Waals surface area contributed by atoms with Gasteiger partial charge in [0.05, 0.1) is 24.3 Å². The van der Waals surface area contributed by atoms with Crippen LogP contribution in [0.3, 0.4) is 0 Å². The molecule has 2 aromatic rings. The molecule has 2 amide bonds. The minimum Gasteiger partial charge on any atom is -0.391 e. The number of rotatable bonds is 8. The molecule has 170 valence electrons. The molecule has 0 aliphatic carbocycles. The number of methoxy groups -OCH3 is 1. The van der Waals surface area contributed by atoms with Gasteiger partial charge in [0.2, 0.25) is 11.8 Å². The Morgan fingerprint density at radius 2 is 2.13 bits per heavy atom. The van der Waals surface area contributed by atoms with Gasteiger partial charge in [-0.2, -0.15) is 0 Å². The van der Waals surface area contributed by atoms with Crippen LogP contribution in [-0.2, 0) is 20.7 Å². The molecule has 4 N–H and O–H groups in total. The standard InChI is InChI=1S/C22H31FN4O4/c1-12(24-3)21(29)26-20(13(2)31-4)22(30)27-8-7-19(28)18(27)9-14-11-25-17-10-15(23)5-6-16(14)17/h5-6,10-13,18-20,24-25,28H,7-9H2,1-4H3,(H,26,29)/t12-,13?,18?,19?,20?/m1/s1. The molecule has 1 fully saturated rings. The Bertz CT molecular complexity index is 933. The van der Waals surface area contributed by atoms with E-state index in [2.05, 4.69) is 15.6 Å². The van der Waals surface area contributed by atoms with Crippen molar-refractivity contribution in [3.8, 4) is 0 Å². The van der Waals surface area contributed by atoms with E-state index >= 15 is 0 Å². The Balaban J connectivity index is 1.82. The van der Waals surface area contributed by atoms with Gasteiger partial charge in [-0.3, -0.25) is 9.59 Å². The van der Waals surface area contributed by atoms with Gasteiger partial charge in [-0.25, -0.2) is 4.39 Å². The van der Waals surface area contributed by atoms with Crippen LogP contribution in [0.5, 0.6) is 0 Å². The van der Waals surface area contributed by atoms with Crippen molar-refractivity contribution in [3.63, 3.8) is 0 Å². The van der Waals surface area contributed by atoms with E-state index in [1.54, 1.807) is 38.1 Å². The minimum absolute atomic E-state index is 0.293. The molecule has 4 unspecified atom stereocenters. The summed E-state index contributed by atoms with van der Waals surface area (Å²) in [6, 6.07) is 2.70. The van der Waals surface area contributed by atoms with Crippen molar-refractivity contribution in [2.45, 2.75) is 57.0 Å². The second-order valence-electron chi connectivity index (χ2n) is 8.10. The number of nitrogens with zero attached hydrogens (tertiary/aromatic N) is 1. The molecule has 1 aliphatic rings. The number of aliphatic hydroxyl groups is 1. The van der Waals surface area contributed by atoms with Crippen LogP contribution in [0.15, 0.2) is 24.4 Å². The van der Waals surface area contributed by atoms with Crippen molar-refractivity contribution < 1.29 is 23.8 Å². The number of aromatic amines is 1. The molecule has 31 heavy (non-hydrogen) atoms. The number of hydrogen-bond acceptors (Lipinski definition) is 5. The fraction of sp³-hybridized carbons (Fsp3) is 0.545. The summed E-state index contributed by atoms with van der Waals surface area (Å²) >= 11 is 0. The molecule has 3 rings (SSSR count). The van der Waals surface area contributed by atoms with Gasteiger partial charge in [0.1, 0.15) is 11.9 Å². The summed E-state index contributed by atoms with van der Waals surface area (Å²) in [7, 11) is 3.15. The molecule has 1 aliphatic heterocycles. The Morgan fingerprint density at radius 3 is 2.81 bits per heavy atom. The zero-order valence-electron chi connectivity index (χ0n) is 18.3. The van der Waals surface area contributed by atoms with Crippen LogP contribution >= 0.6 is 0 Å². The van der Waals surface area contributed by atoms with E-state index in [-0.39, 0.29) is 17.6 Å². The molecule has 0 saturated carbocycles. The third kappa shape index (κ3) is 4.89. The van der Waals surface area contributed by atoms with Crippen LogP contribution in [0.25, 0.3) is 10.9 Å². The molecule has 5 atom stereocenters. The lowest BCUT2D eigenvalue weighted by Crippen LogP contribution is -2.58. The number of benzene rings is 1. The van der Waals surface area contributed by atoms with Gasteiger partial charge in [0, 0.05) is 30.8 Å². The number of aliphatic hydroxyl groups excluding tert-OH is 1. The normalized spacial score (nSPS) is 21.8. The predicted octanol–water partition coefficient (Wildman–Crippen LogP) is 0.939. The van der Waals surface area contributed by atoms with E-state index in [1.165, 1.54) is 19.2 Å². The van der Waals surface area contributed by atoms with Crippen LogP contribution in [0.4, 0.5) is 4.39 Å². The SMILES string of the molecule is CN[C@H](C)C(=O)NC(C(=O)N1CCC(O)C1Cc1c[nH]c2cc(F)ccc12)C(C)OC. The first-order chi connectivity index (χ1) is 14.8. The first-order valence-corrected chi connectivity index (χ1v) is 10.5. The van der Waals surface area contributed by atoms with Gasteiger partial charge in [0.15, 0.2) is 0 Å². The van der Waals surface area contributed by atoms with Gasteiger partial charge >= 0.3 is 0 Å². The molecule has 0 bridgehead atoms. The number of carbonyl (C=O) groups is 2. The van der Waals surface area contributed by atoms with E-state index in [4.69, 9.17) is 4.74 Å². The smallest absolute Gasteiger partial charge is 0.248 e. The fourth-order valence-corrected chi connectivity index (χ4v) is 4.01.